The summed E-state index contributed by atoms with van der Waals surface area (Å²) in [6.45, 7) is 0. The summed E-state index contributed by atoms with van der Waals surface area (Å²) in [6.07, 6.45) is 2.20. The van der Waals surface area contributed by atoms with Crippen molar-refractivity contribution in [2.24, 2.45) is 0 Å². The predicted octanol–water partition coefficient (Wildman–Crippen LogP) is 2.80. The number of rotatable bonds is 2. The van der Waals surface area contributed by atoms with Crippen LogP contribution in [0.2, 0.25) is 0 Å². The highest BCUT2D eigenvalue weighted by Gasteiger charge is 2.20. The van der Waals surface area contributed by atoms with E-state index in [2.05, 4.69) is 9.97 Å². The van der Waals surface area contributed by atoms with Gasteiger partial charge in [0.2, 0.25) is 0 Å². The van der Waals surface area contributed by atoms with Gasteiger partial charge in [0.05, 0.1) is 17.4 Å². The Kier molecular flexibility index (Phi) is 2.77. The Labute approximate surface area is 130 Å². The molecule has 0 saturated heterocycles. The summed E-state index contributed by atoms with van der Waals surface area (Å²) in [4.78, 5) is 18.4. The van der Waals surface area contributed by atoms with Crippen LogP contribution >= 0.6 is 0 Å². The molecule has 112 valence electrons. The number of imidazole rings is 1. The molecule has 23 heavy (non-hydrogen) atoms. The second kappa shape index (κ2) is 4.81. The quantitative estimate of drug-likeness (QED) is 0.300. The van der Waals surface area contributed by atoms with E-state index in [1.165, 1.54) is 6.33 Å². The maximum absolute atomic E-state index is 11.3. The molecule has 1 aliphatic carbocycles. The number of fused-ring (bicyclic) bond motifs is 2. The largest absolute Gasteiger partial charge is 0.456 e. The number of hydrogen-bond acceptors (Lipinski definition) is 5. The lowest BCUT2D eigenvalue weighted by Gasteiger charge is -2.14. The van der Waals surface area contributed by atoms with Crippen molar-refractivity contribution in [2.75, 3.05) is 5.73 Å². The number of nitrogen functional groups attached to an aromatic ring is 1. The minimum absolute atomic E-state index is 0.325. The van der Waals surface area contributed by atoms with Crippen LogP contribution in [0.4, 0.5) is 5.69 Å². The molecule has 2 aliphatic rings. The number of H-pyrrole nitrogens is 1. The fraction of sp³-hybridized carbons (Fsp3) is 0. The number of anilines is 1. The Morgan fingerprint density at radius 3 is 2.91 bits per heavy atom. The first kappa shape index (κ1) is 13.3. The minimum atomic E-state index is 0.325. The van der Waals surface area contributed by atoms with Crippen molar-refractivity contribution in [2.45, 2.75) is 0 Å². The van der Waals surface area contributed by atoms with Crippen LogP contribution in [0.15, 0.2) is 47.1 Å². The Balaban J connectivity index is 2.23. The van der Waals surface area contributed by atoms with Gasteiger partial charge in [0.1, 0.15) is 17.0 Å². The zero-order valence-corrected chi connectivity index (χ0v) is 12.0. The van der Waals surface area contributed by atoms with Gasteiger partial charge in [-0.2, -0.15) is 0 Å². The van der Waals surface area contributed by atoms with E-state index in [1.54, 1.807) is 24.3 Å². The van der Waals surface area contributed by atoms with Crippen LogP contribution in [-0.4, -0.2) is 16.3 Å². The molecule has 0 atom stereocenters. The van der Waals surface area contributed by atoms with Crippen molar-refractivity contribution in [3.05, 3.63) is 53.8 Å². The number of carbonyl (C=O) groups is 1. The number of nitrogens with two attached hydrogens (primary N) is 1. The summed E-state index contributed by atoms with van der Waals surface area (Å²) in [6, 6.07) is 10.5. The van der Waals surface area contributed by atoms with Crippen molar-refractivity contribution in [3.63, 3.8) is 0 Å². The molecule has 0 spiro atoms. The van der Waals surface area contributed by atoms with Gasteiger partial charge in [-0.25, -0.2) is 4.98 Å². The van der Waals surface area contributed by atoms with Gasteiger partial charge >= 0.3 is 0 Å². The normalized spacial score (nSPS) is 11.1. The van der Waals surface area contributed by atoms with E-state index in [-0.39, 0.29) is 0 Å². The van der Waals surface area contributed by atoms with E-state index in [0.29, 0.717) is 40.1 Å². The molecule has 0 bridgehead atoms. The maximum Gasteiger partial charge on any atom is 0.170 e. The summed E-state index contributed by atoms with van der Waals surface area (Å²) >= 11 is 0. The molecule has 6 heteroatoms. The predicted molar refractivity (Wildman–Crippen MR) is 86.1 cm³/mol. The summed E-state index contributed by atoms with van der Waals surface area (Å²) in [7, 11) is 0. The number of aromatic amines is 1. The topological polar surface area (TPSA) is 109 Å². The van der Waals surface area contributed by atoms with E-state index in [4.69, 9.17) is 15.6 Å². The molecule has 0 amide bonds. The second-order valence-corrected chi connectivity index (χ2v) is 5.22. The monoisotopic (exact) mass is 304 g/mol. The van der Waals surface area contributed by atoms with Gasteiger partial charge in [0.25, 0.3) is 0 Å². The lowest BCUT2D eigenvalue weighted by Crippen LogP contribution is -2.01. The Morgan fingerprint density at radius 1 is 1.22 bits per heavy atom. The molecule has 0 fully saturated rings. The zero-order valence-electron chi connectivity index (χ0n) is 12.0. The van der Waals surface area contributed by atoms with Crippen LogP contribution in [0.3, 0.4) is 0 Å². The third-order valence-electron chi connectivity index (χ3n) is 3.78. The van der Waals surface area contributed by atoms with E-state index in [9.17, 15) is 4.79 Å². The fourth-order valence-electron chi connectivity index (χ4n) is 2.77. The first-order valence-electron chi connectivity index (χ1n) is 6.97. The average Bonchev–Trinajstić information content (AvgIpc) is 3.00. The Morgan fingerprint density at radius 2 is 2.09 bits per heavy atom. The standard InChI is InChI=1S/C17H12N4O2/c18-9-1-3-11-14(5-9)23-15-6-10(19)2-4-12(15)16(11)17-13(7-22)20-8-21-17/h1-8,18H,19H2,(H,20,21). The van der Waals surface area contributed by atoms with Crippen LogP contribution in [-0.2, 0) is 0 Å². The molecule has 2 aromatic rings. The van der Waals surface area contributed by atoms with Gasteiger partial charge in [0.15, 0.2) is 6.29 Å². The van der Waals surface area contributed by atoms with Crippen molar-refractivity contribution >= 4 is 22.9 Å². The Hall–Kier alpha value is -3.41. The van der Waals surface area contributed by atoms with Gasteiger partial charge < -0.3 is 20.5 Å². The summed E-state index contributed by atoms with van der Waals surface area (Å²) in [5.41, 5.74) is 9.56. The van der Waals surface area contributed by atoms with Gasteiger partial charge in [-0.05, 0) is 24.3 Å². The number of nitrogens with one attached hydrogen (secondary N) is 2. The highest BCUT2D eigenvalue weighted by molar-refractivity contribution is 6.04. The van der Waals surface area contributed by atoms with E-state index >= 15 is 0 Å². The number of benzene rings is 2. The highest BCUT2D eigenvalue weighted by Crippen LogP contribution is 2.40. The van der Waals surface area contributed by atoms with Crippen LogP contribution < -0.4 is 11.1 Å². The average molecular weight is 304 g/mol. The molecule has 4 N–H and O–H groups in total. The number of hydrogen-bond donors (Lipinski definition) is 3. The minimum Gasteiger partial charge on any atom is -0.456 e. The smallest absolute Gasteiger partial charge is 0.170 e. The summed E-state index contributed by atoms with van der Waals surface area (Å²) in [5.74, 6) is 0.553. The van der Waals surface area contributed by atoms with E-state index < -0.39 is 0 Å². The number of aromatic nitrogens is 2. The molecule has 1 aliphatic heterocycles. The highest BCUT2D eigenvalue weighted by atomic mass is 16.3. The molecule has 0 saturated carbocycles. The number of carbonyl (C=O) groups excluding carboxylic acids is 1. The summed E-state index contributed by atoms with van der Waals surface area (Å²) < 4.78 is 5.90. The van der Waals surface area contributed by atoms with Crippen LogP contribution in [0.1, 0.15) is 10.5 Å². The Bertz CT molecular complexity index is 1080. The van der Waals surface area contributed by atoms with Gasteiger partial charge in [-0.3, -0.25) is 4.79 Å². The number of nitrogens with zero attached hydrogens (tertiary/aromatic N) is 1. The van der Waals surface area contributed by atoms with Gasteiger partial charge in [-0.15, -0.1) is 0 Å². The molecule has 2 heterocycles. The van der Waals surface area contributed by atoms with Crippen molar-refractivity contribution in [1.29, 1.82) is 5.41 Å². The third kappa shape index (κ3) is 2.00. The molecule has 4 rings (SSSR count). The van der Waals surface area contributed by atoms with Crippen LogP contribution in [0.25, 0.3) is 33.6 Å². The molecule has 1 aromatic carbocycles. The lowest BCUT2D eigenvalue weighted by atomic mass is 9.96. The third-order valence-corrected chi connectivity index (χ3v) is 3.78. The van der Waals surface area contributed by atoms with Crippen molar-refractivity contribution < 1.29 is 9.21 Å². The summed E-state index contributed by atoms with van der Waals surface area (Å²) in [5, 5.41) is 8.95. The SMILES string of the molecule is N=c1ccc2c(-c3[nH]cnc3C=O)c3ccc(N)cc3oc-2c1. The van der Waals surface area contributed by atoms with Crippen LogP contribution in [0.5, 0.6) is 0 Å². The first-order valence-corrected chi connectivity index (χ1v) is 6.97. The van der Waals surface area contributed by atoms with Gasteiger partial charge in [-0.1, -0.05) is 0 Å². The van der Waals surface area contributed by atoms with E-state index in [0.717, 1.165) is 16.5 Å². The van der Waals surface area contributed by atoms with Crippen molar-refractivity contribution in [1.82, 2.24) is 9.97 Å². The molecular formula is C17H12N4O2. The van der Waals surface area contributed by atoms with Crippen LogP contribution in [0, 0.1) is 5.41 Å². The maximum atomic E-state index is 11.3. The molecule has 0 unspecified atom stereocenters. The first-order chi connectivity index (χ1) is 11.2. The molecule has 1 aromatic heterocycles. The second-order valence-electron chi connectivity index (χ2n) is 5.22. The molecule has 6 nitrogen and oxygen atoms in total. The number of aldehydes is 1. The molecule has 0 radical (unpaired) electrons. The lowest BCUT2D eigenvalue weighted by molar-refractivity contribution is 0.112. The fourth-order valence-corrected chi connectivity index (χ4v) is 2.77. The zero-order chi connectivity index (χ0) is 16.0. The molecular weight excluding hydrogens is 292 g/mol. The van der Waals surface area contributed by atoms with Gasteiger partial charge in [0, 0.05) is 34.3 Å². The van der Waals surface area contributed by atoms with Crippen molar-refractivity contribution in [3.8, 4) is 22.6 Å². The van der Waals surface area contributed by atoms with E-state index in [1.807, 2.05) is 12.1 Å².